The highest BCUT2D eigenvalue weighted by Crippen LogP contribution is 2.25. The molecule has 2 aromatic heterocycles. The maximum absolute atomic E-state index is 12.9. The predicted molar refractivity (Wildman–Crippen MR) is 126 cm³/mol. The van der Waals surface area contributed by atoms with E-state index in [1.807, 2.05) is 25.0 Å². The largest absolute Gasteiger partial charge is 0.545 e. The summed E-state index contributed by atoms with van der Waals surface area (Å²) in [6.45, 7) is 2.18. The lowest BCUT2D eigenvalue weighted by atomic mass is 10.1. The number of unbranched alkanes of at least 4 members (excludes halogenated alkanes) is 1. The normalized spacial score (nSPS) is 10.3. The summed E-state index contributed by atoms with van der Waals surface area (Å²) >= 11 is 0. The Morgan fingerprint density at radius 2 is 0.804 bits per heavy atom. The molecule has 0 aliphatic carbocycles. The quantitative estimate of drug-likeness (QED) is 0.0880. The smallest absolute Gasteiger partial charge is 0.341 e. The van der Waals surface area contributed by atoms with E-state index >= 15 is 0 Å². The number of nitrogens with one attached hydrogen (secondary N) is 2. The molecule has 4 N–H and O–H groups in total. The summed E-state index contributed by atoms with van der Waals surface area (Å²) < 4.78 is 107. The highest BCUT2D eigenvalue weighted by molar-refractivity contribution is 5.93. The number of nitrogens with zero attached hydrogens (tertiary/aromatic N) is 2. The predicted octanol–water partition coefficient (Wildman–Crippen LogP) is 1.01. The van der Waals surface area contributed by atoms with Gasteiger partial charge in [-0.1, -0.05) is 0 Å². The van der Waals surface area contributed by atoms with E-state index in [9.17, 15) is 64.5 Å². The molecule has 2 heterocycles. The average molecular weight is 666 g/mol. The molecule has 2 aromatic carbocycles. The molecule has 0 amide bonds. The van der Waals surface area contributed by atoms with Crippen LogP contribution in [0.15, 0.2) is 37.4 Å². The number of halogens is 8. The molecule has 0 atom stereocenters. The van der Waals surface area contributed by atoms with Crippen molar-refractivity contribution in [3.05, 3.63) is 106 Å². The second-order valence-corrected chi connectivity index (χ2v) is 8.60. The minimum Gasteiger partial charge on any atom is -0.545 e. The fourth-order valence-electron chi connectivity index (χ4n) is 3.51. The number of benzene rings is 2. The lowest BCUT2D eigenvalue weighted by Crippen LogP contribution is -2.33. The van der Waals surface area contributed by atoms with Gasteiger partial charge < -0.3 is 30.0 Å². The van der Waals surface area contributed by atoms with Crippen LogP contribution in [0, 0.1) is 46.5 Å². The van der Waals surface area contributed by atoms with E-state index in [2.05, 4.69) is 31.5 Å². The molecule has 246 valence electrons. The molecule has 0 radical (unpaired) electrons. The van der Waals surface area contributed by atoms with Crippen LogP contribution >= 0.6 is 0 Å². The van der Waals surface area contributed by atoms with Gasteiger partial charge >= 0.3 is 11.9 Å². The van der Waals surface area contributed by atoms with E-state index in [4.69, 9.17) is 10.2 Å². The van der Waals surface area contributed by atoms with Gasteiger partial charge in [-0.3, -0.25) is 9.97 Å². The second kappa shape index (κ2) is 15.8. The van der Waals surface area contributed by atoms with Crippen molar-refractivity contribution in [3.63, 3.8) is 0 Å². The van der Waals surface area contributed by atoms with Crippen LogP contribution in [0.25, 0.3) is 0 Å². The lowest BCUT2D eigenvalue weighted by molar-refractivity contribution is -0.706. The molecule has 20 heteroatoms. The molecular weight excluding hydrogens is 648 g/mol. The zero-order chi connectivity index (χ0) is 34.9. The molecule has 0 spiro atoms. The number of aryl methyl sites for hydroxylation is 2. The number of carboxylic acid groups (broad SMARTS) is 4. The second-order valence-electron chi connectivity index (χ2n) is 8.60. The number of aromatic amines is 2. The summed E-state index contributed by atoms with van der Waals surface area (Å²) in [6, 6.07) is 0. The Bertz CT molecular complexity index is 1470. The summed E-state index contributed by atoms with van der Waals surface area (Å²) in [5, 5.41) is 36.8. The van der Waals surface area contributed by atoms with Crippen molar-refractivity contribution >= 4 is 23.9 Å². The highest BCUT2D eigenvalue weighted by Gasteiger charge is 2.30. The number of carbonyl (C=O) groups is 4. The van der Waals surface area contributed by atoms with Crippen LogP contribution in [-0.4, -0.2) is 44.1 Å². The van der Waals surface area contributed by atoms with Gasteiger partial charge in [0, 0.05) is 0 Å². The van der Waals surface area contributed by atoms with Crippen LogP contribution in [-0.2, 0) is 13.1 Å². The zero-order valence-corrected chi connectivity index (χ0v) is 22.6. The fourth-order valence-corrected chi connectivity index (χ4v) is 3.51. The van der Waals surface area contributed by atoms with Crippen molar-refractivity contribution in [1.29, 1.82) is 0 Å². The summed E-state index contributed by atoms with van der Waals surface area (Å²) in [5.41, 5.74) is -7.78. The third kappa shape index (κ3) is 8.42. The minimum atomic E-state index is -2.50. The summed E-state index contributed by atoms with van der Waals surface area (Å²) in [5.74, 6) is -28.0. The third-order valence-corrected chi connectivity index (χ3v) is 5.65. The van der Waals surface area contributed by atoms with E-state index in [1.54, 1.807) is 0 Å². The topological polar surface area (TPSA) is 194 Å². The van der Waals surface area contributed by atoms with Crippen molar-refractivity contribution in [1.82, 2.24) is 9.97 Å². The Hall–Kier alpha value is -5.82. The Kier molecular flexibility index (Phi) is 12.5. The van der Waals surface area contributed by atoms with Crippen LogP contribution < -0.4 is 19.3 Å². The van der Waals surface area contributed by atoms with E-state index in [0.29, 0.717) is 0 Å². The Morgan fingerprint density at radius 1 is 0.543 bits per heavy atom. The number of H-pyrrole nitrogens is 2. The van der Waals surface area contributed by atoms with E-state index in [1.165, 1.54) is 12.8 Å². The Labute approximate surface area is 250 Å². The first-order valence-corrected chi connectivity index (χ1v) is 12.2. The van der Waals surface area contributed by atoms with Crippen LogP contribution in [0.4, 0.5) is 35.1 Å². The number of aromatic nitrogens is 4. The van der Waals surface area contributed by atoms with Gasteiger partial charge in [0.25, 0.3) is 0 Å². The van der Waals surface area contributed by atoms with Gasteiger partial charge in [0.15, 0.2) is 46.5 Å². The number of aromatic carboxylic acids is 4. The molecule has 0 aliphatic rings. The molecule has 4 rings (SSSR count). The number of carboxylic acids is 4. The standard InChI is InChI=1S/C10H14N4.2C8H2F4O4/c1(5-13-7-3-11-9-13)2-6-14-8-4-12-10-14;2*9-3-1(7(13)14)4(10)6(12)2(5(3)11)8(15)16/h3-4,7-10H,1-2,5-6H2;2*(H,13,14)(H,15,16). The van der Waals surface area contributed by atoms with Crippen molar-refractivity contribution in [2.24, 2.45) is 0 Å². The summed E-state index contributed by atoms with van der Waals surface area (Å²) in [4.78, 5) is 46.9. The number of hydrogen-bond donors (Lipinski definition) is 4. The van der Waals surface area contributed by atoms with Crippen LogP contribution in [0.3, 0.4) is 0 Å². The van der Waals surface area contributed by atoms with Crippen LogP contribution in [0.1, 0.15) is 54.3 Å². The average Bonchev–Trinajstić information content (AvgIpc) is 3.68. The number of imidazole rings is 2. The molecule has 0 unspecified atom stereocenters. The maximum atomic E-state index is 12.9. The van der Waals surface area contributed by atoms with Gasteiger partial charge in [0.05, 0.1) is 36.2 Å². The SMILES string of the molecule is O=C([O-])c1c(F)c(F)c(C(=O)O)c(F)c1F.O=C([O-])c1c(F)c(F)c(C(=O)O)c(F)c1F.c1c[n+](CCCC[n+]2cc[nH]c2)c[nH]1. The van der Waals surface area contributed by atoms with Crippen molar-refractivity contribution in [2.45, 2.75) is 25.9 Å². The van der Waals surface area contributed by atoms with Gasteiger partial charge in [0.1, 0.15) is 35.9 Å². The zero-order valence-electron chi connectivity index (χ0n) is 22.6. The molecule has 0 bridgehead atoms. The van der Waals surface area contributed by atoms with Crippen molar-refractivity contribution in [3.8, 4) is 0 Å². The van der Waals surface area contributed by atoms with E-state index < -0.39 is 92.7 Å². The molecule has 0 saturated heterocycles. The minimum absolute atomic E-state index is 1.09. The maximum Gasteiger partial charge on any atom is 0.341 e. The highest BCUT2D eigenvalue weighted by atomic mass is 19.2. The van der Waals surface area contributed by atoms with Gasteiger partial charge in [-0.15, -0.1) is 0 Å². The van der Waals surface area contributed by atoms with Crippen molar-refractivity contribution in [2.75, 3.05) is 0 Å². The molecule has 46 heavy (non-hydrogen) atoms. The van der Waals surface area contributed by atoms with Gasteiger partial charge in [-0.2, -0.15) is 0 Å². The van der Waals surface area contributed by atoms with Gasteiger partial charge in [-0.05, 0) is 12.8 Å². The third-order valence-electron chi connectivity index (χ3n) is 5.65. The van der Waals surface area contributed by atoms with Crippen LogP contribution in [0.2, 0.25) is 0 Å². The van der Waals surface area contributed by atoms with Crippen LogP contribution in [0.5, 0.6) is 0 Å². The number of carbonyl (C=O) groups excluding carboxylic acids is 2. The summed E-state index contributed by atoms with van der Waals surface area (Å²) in [6.07, 6.45) is 14.4. The Balaban J connectivity index is 0.000000241. The first-order chi connectivity index (χ1) is 21.5. The monoisotopic (exact) mass is 666 g/mol. The molecule has 0 aliphatic heterocycles. The van der Waals surface area contributed by atoms with E-state index in [-0.39, 0.29) is 0 Å². The molecular formula is C26H18F8N4O8. The van der Waals surface area contributed by atoms with Gasteiger partial charge in [-0.25, -0.2) is 53.8 Å². The van der Waals surface area contributed by atoms with E-state index in [0.717, 1.165) is 13.1 Å². The van der Waals surface area contributed by atoms with Gasteiger partial charge in [0.2, 0.25) is 12.7 Å². The lowest BCUT2D eigenvalue weighted by Gasteiger charge is -2.09. The molecule has 0 fully saturated rings. The molecule has 4 aromatic rings. The number of rotatable bonds is 9. The molecule has 0 saturated carbocycles. The first-order valence-electron chi connectivity index (χ1n) is 12.2. The fraction of sp³-hybridized carbons (Fsp3) is 0.154. The number of hydrogen-bond acceptors (Lipinski definition) is 6. The van der Waals surface area contributed by atoms with Crippen molar-refractivity contribution < 1.29 is 83.9 Å². The Morgan fingerprint density at radius 3 is 1.00 bits per heavy atom. The summed E-state index contributed by atoms with van der Waals surface area (Å²) in [7, 11) is 0. The first kappa shape index (κ1) is 36.4. The molecule has 12 nitrogen and oxygen atoms in total.